The van der Waals surface area contributed by atoms with Gasteiger partial charge in [0.25, 0.3) is 0 Å². The maximum Gasteiger partial charge on any atom is 0.406 e. The molecule has 0 aromatic carbocycles. The molecule has 0 fully saturated rings. The number of hydrogen-bond acceptors (Lipinski definition) is 8. The third kappa shape index (κ3) is 17.0. The fourth-order valence-corrected chi connectivity index (χ4v) is 4.29. The van der Waals surface area contributed by atoms with Crippen molar-refractivity contribution in [1.29, 1.82) is 0 Å². The SMILES string of the molecule is CN(C)Cc1c(O)c(=O)ccn1CC(F)(F)F.CN(C)Cc1c(O)c(=O)ccn1CC(F)(F)F.C[NH+](C)Cc1c(O)c(=O)ccn1CC(F)(F)F.[Fe].[HH]. The van der Waals surface area contributed by atoms with Gasteiger partial charge in [0, 0.05) is 68.4 Å². The summed E-state index contributed by atoms with van der Waals surface area (Å²) in [5.41, 5.74) is -2.12. The molecule has 3 rings (SSSR count). The molecule has 0 bridgehead atoms. The first kappa shape index (κ1) is 48.0. The van der Waals surface area contributed by atoms with E-state index in [0.717, 1.165) is 55.4 Å². The third-order valence-electron chi connectivity index (χ3n) is 6.28. The molecular formula is C30H42F9FeN6O6+. The van der Waals surface area contributed by atoms with Crippen molar-refractivity contribution in [2.45, 2.75) is 57.8 Å². The van der Waals surface area contributed by atoms with Crippen LogP contribution in [0, 0.1) is 0 Å². The van der Waals surface area contributed by atoms with Crippen LogP contribution in [0.1, 0.15) is 18.5 Å². The first-order chi connectivity index (χ1) is 23.1. The number of nitrogens with zero attached hydrogens (tertiary/aromatic N) is 5. The predicted octanol–water partition coefficient (Wildman–Crippen LogP) is 2.36. The molecule has 52 heavy (non-hydrogen) atoms. The zero-order valence-corrected chi connectivity index (χ0v) is 29.9. The van der Waals surface area contributed by atoms with Gasteiger partial charge in [0.2, 0.25) is 16.3 Å². The Morgan fingerprint density at radius 3 is 1.06 bits per heavy atom. The summed E-state index contributed by atoms with van der Waals surface area (Å²) in [6, 6.07) is 2.76. The Morgan fingerprint density at radius 1 is 0.577 bits per heavy atom. The maximum absolute atomic E-state index is 12.3. The quantitative estimate of drug-likeness (QED) is 0.191. The van der Waals surface area contributed by atoms with Gasteiger partial charge in [-0.3, -0.25) is 14.4 Å². The van der Waals surface area contributed by atoms with Crippen LogP contribution in [0.2, 0.25) is 0 Å². The first-order valence-corrected chi connectivity index (χ1v) is 14.6. The summed E-state index contributed by atoms with van der Waals surface area (Å²) in [7, 11) is 9.97. The molecule has 0 spiro atoms. The van der Waals surface area contributed by atoms with Crippen LogP contribution in [0.3, 0.4) is 0 Å². The van der Waals surface area contributed by atoms with Crippen LogP contribution in [-0.4, -0.2) is 99.6 Å². The van der Waals surface area contributed by atoms with Crippen molar-refractivity contribution in [2.75, 3.05) is 42.3 Å². The van der Waals surface area contributed by atoms with Crippen molar-refractivity contribution in [2.24, 2.45) is 0 Å². The van der Waals surface area contributed by atoms with Crippen molar-refractivity contribution in [1.82, 2.24) is 23.5 Å². The van der Waals surface area contributed by atoms with Gasteiger partial charge in [0.15, 0.2) is 17.2 Å². The van der Waals surface area contributed by atoms with E-state index >= 15 is 0 Å². The number of aromatic hydroxyl groups is 3. The second kappa shape index (κ2) is 19.7. The molecule has 3 aromatic heterocycles. The van der Waals surface area contributed by atoms with Gasteiger partial charge in [-0.2, -0.15) is 39.5 Å². The summed E-state index contributed by atoms with van der Waals surface area (Å²) in [5, 5.41) is 28.5. The van der Waals surface area contributed by atoms with Gasteiger partial charge in [0.05, 0.1) is 25.5 Å². The van der Waals surface area contributed by atoms with Crippen LogP contribution in [0.15, 0.2) is 51.2 Å². The minimum absolute atomic E-state index is 0. The van der Waals surface area contributed by atoms with Crippen LogP contribution in [0.25, 0.3) is 0 Å². The van der Waals surface area contributed by atoms with Gasteiger partial charge < -0.3 is 43.7 Å². The van der Waals surface area contributed by atoms with E-state index in [9.17, 15) is 69.2 Å². The molecule has 0 atom stereocenters. The second-order valence-electron chi connectivity index (χ2n) is 12.0. The number of nitrogens with one attached hydrogen (secondary N) is 1. The van der Waals surface area contributed by atoms with Crippen molar-refractivity contribution in [3.63, 3.8) is 0 Å². The fourth-order valence-electron chi connectivity index (χ4n) is 4.29. The zero-order valence-electron chi connectivity index (χ0n) is 28.8. The van der Waals surface area contributed by atoms with E-state index in [1.807, 2.05) is 0 Å². The van der Waals surface area contributed by atoms with Crippen molar-refractivity contribution in [3.8, 4) is 17.2 Å². The van der Waals surface area contributed by atoms with E-state index in [4.69, 9.17) is 0 Å². The average Bonchev–Trinajstić information content (AvgIpc) is 2.95. The van der Waals surface area contributed by atoms with Crippen LogP contribution >= 0.6 is 0 Å². The molecule has 0 radical (unpaired) electrons. The smallest absolute Gasteiger partial charge is 0.406 e. The minimum atomic E-state index is -4.40. The van der Waals surface area contributed by atoms with E-state index in [1.54, 1.807) is 52.1 Å². The molecule has 0 aliphatic carbocycles. The standard InChI is InChI=1S/3C10H13F3N2O2.Fe.H2/c3*1-14(2)5-7-9(17)8(16)3-4-15(7)6-10(11,12)13;;/h3*3-4,17H,5-6H2,1-2H3;;1H/p+1. The Hall–Kier alpha value is -3.98. The molecule has 0 aliphatic rings. The van der Waals surface area contributed by atoms with Gasteiger partial charge >= 0.3 is 18.5 Å². The third-order valence-corrected chi connectivity index (χ3v) is 6.28. The second-order valence-corrected chi connectivity index (χ2v) is 12.0. The van der Waals surface area contributed by atoms with Gasteiger partial charge in [-0.25, -0.2) is 0 Å². The van der Waals surface area contributed by atoms with Gasteiger partial charge in [-0.15, -0.1) is 0 Å². The molecule has 3 heterocycles. The molecule has 12 nitrogen and oxygen atoms in total. The van der Waals surface area contributed by atoms with E-state index in [0.29, 0.717) is 0 Å². The Bertz CT molecular complexity index is 1570. The normalized spacial score (nSPS) is 11.9. The number of pyridine rings is 3. The summed E-state index contributed by atoms with van der Waals surface area (Å²) in [6.45, 7) is -3.44. The molecular weight excluding hydrogens is 767 g/mol. The molecule has 0 aliphatic heterocycles. The molecule has 22 heteroatoms. The number of aromatic nitrogens is 3. The largest absolute Gasteiger partial charge is 0.503 e. The minimum Gasteiger partial charge on any atom is -0.503 e. The van der Waals surface area contributed by atoms with Crippen molar-refractivity contribution < 1.29 is 78.2 Å². The molecule has 3 aromatic rings. The molecule has 0 saturated carbocycles. The number of quaternary nitrogens is 1. The molecule has 0 saturated heterocycles. The summed E-state index contributed by atoms with van der Waals surface area (Å²) >= 11 is 0. The Morgan fingerprint density at radius 2 is 0.827 bits per heavy atom. The Labute approximate surface area is 303 Å². The van der Waals surface area contributed by atoms with E-state index in [2.05, 4.69) is 0 Å². The number of halogens is 9. The maximum atomic E-state index is 12.3. The molecule has 0 unspecified atom stereocenters. The zero-order chi connectivity index (χ0) is 39.6. The van der Waals surface area contributed by atoms with Crippen LogP contribution in [0.4, 0.5) is 39.5 Å². The average molecular weight is 810 g/mol. The molecule has 0 amide bonds. The first-order valence-electron chi connectivity index (χ1n) is 14.6. The van der Waals surface area contributed by atoms with Crippen LogP contribution in [-0.2, 0) is 56.3 Å². The summed E-state index contributed by atoms with van der Waals surface area (Å²) < 4.78 is 113. The van der Waals surface area contributed by atoms with E-state index < -0.39 is 71.7 Å². The van der Waals surface area contributed by atoms with E-state index in [-0.39, 0.29) is 55.2 Å². The molecule has 4 N–H and O–H groups in total. The fraction of sp³-hybridized carbons (Fsp3) is 0.500. The monoisotopic (exact) mass is 809 g/mol. The van der Waals surface area contributed by atoms with Crippen molar-refractivity contribution >= 4 is 0 Å². The van der Waals surface area contributed by atoms with Gasteiger partial charge in [-0.1, -0.05) is 0 Å². The summed E-state index contributed by atoms with van der Waals surface area (Å²) in [6.07, 6.45) is -10.1. The molecule has 298 valence electrons. The van der Waals surface area contributed by atoms with Crippen LogP contribution < -0.4 is 21.2 Å². The Balaban J connectivity index is 0. The number of hydrogen-bond donors (Lipinski definition) is 4. The summed E-state index contributed by atoms with van der Waals surface area (Å²) in [5.74, 6) is -1.88. The van der Waals surface area contributed by atoms with Gasteiger partial charge in [-0.05, 0) is 28.2 Å². The topological polar surface area (TPSA) is 138 Å². The van der Waals surface area contributed by atoms with Gasteiger partial charge in [0.1, 0.15) is 31.9 Å². The number of alkyl halides is 9. The van der Waals surface area contributed by atoms with Crippen LogP contribution in [0.5, 0.6) is 17.2 Å². The van der Waals surface area contributed by atoms with E-state index in [1.165, 1.54) is 0 Å². The Kier molecular flexibility index (Phi) is 18.2. The number of rotatable bonds is 9. The summed E-state index contributed by atoms with van der Waals surface area (Å²) in [4.78, 5) is 37.5. The predicted molar refractivity (Wildman–Crippen MR) is 169 cm³/mol. The van der Waals surface area contributed by atoms with Crippen molar-refractivity contribution in [3.05, 3.63) is 84.5 Å².